The van der Waals surface area contributed by atoms with E-state index in [4.69, 9.17) is 11.6 Å². The molecule has 1 heteroatoms. The zero-order valence-electron chi connectivity index (χ0n) is 9.84. The molecule has 0 heterocycles. The van der Waals surface area contributed by atoms with Crippen molar-refractivity contribution in [2.75, 3.05) is 0 Å². The van der Waals surface area contributed by atoms with E-state index in [-0.39, 0.29) is 0 Å². The summed E-state index contributed by atoms with van der Waals surface area (Å²) in [6, 6.07) is 12.4. The number of aryl methyl sites for hydroxylation is 3. The molecule has 2 aromatic rings. The molecule has 0 unspecified atom stereocenters. The Labute approximate surface area is 102 Å². The molecule has 0 aromatic heterocycles. The third kappa shape index (κ3) is 1.85. The molecular formula is C15H15Cl. The van der Waals surface area contributed by atoms with Crippen LogP contribution in [0, 0.1) is 20.8 Å². The van der Waals surface area contributed by atoms with Crippen LogP contribution in [0.4, 0.5) is 0 Å². The molecule has 0 saturated heterocycles. The maximum Gasteiger partial charge on any atom is 0.0487 e. The molecule has 0 amide bonds. The lowest BCUT2D eigenvalue weighted by atomic mass is 9.93. The van der Waals surface area contributed by atoms with Gasteiger partial charge in [-0.3, -0.25) is 0 Å². The van der Waals surface area contributed by atoms with E-state index >= 15 is 0 Å². The predicted molar refractivity (Wildman–Crippen MR) is 71.1 cm³/mol. The fourth-order valence-electron chi connectivity index (χ4n) is 2.16. The van der Waals surface area contributed by atoms with Crippen LogP contribution < -0.4 is 0 Å². The fourth-order valence-corrected chi connectivity index (χ4v) is 2.47. The summed E-state index contributed by atoms with van der Waals surface area (Å²) in [5, 5.41) is 0.831. The van der Waals surface area contributed by atoms with Crippen LogP contribution in [0.1, 0.15) is 16.7 Å². The van der Waals surface area contributed by atoms with Gasteiger partial charge in [0, 0.05) is 10.6 Å². The van der Waals surface area contributed by atoms with Crippen molar-refractivity contribution in [3.05, 3.63) is 58.1 Å². The zero-order valence-corrected chi connectivity index (χ0v) is 10.6. The normalized spacial score (nSPS) is 10.5. The topological polar surface area (TPSA) is 0 Å². The van der Waals surface area contributed by atoms with E-state index in [1.165, 1.54) is 27.8 Å². The van der Waals surface area contributed by atoms with E-state index in [2.05, 4.69) is 45.0 Å². The SMILES string of the molecule is Cc1cccc(C)c1-c1c(C)cccc1Cl. The van der Waals surface area contributed by atoms with Crippen molar-refractivity contribution in [2.24, 2.45) is 0 Å². The summed E-state index contributed by atoms with van der Waals surface area (Å²) in [5.41, 5.74) is 6.21. The first-order chi connectivity index (χ1) is 7.61. The minimum absolute atomic E-state index is 0.831. The maximum absolute atomic E-state index is 6.31. The van der Waals surface area contributed by atoms with Crippen molar-refractivity contribution in [1.29, 1.82) is 0 Å². The van der Waals surface area contributed by atoms with Crippen molar-refractivity contribution in [2.45, 2.75) is 20.8 Å². The summed E-state index contributed by atoms with van der Waals surface area (Å²) in [6.45, 7) is 6.36. The Morgan fingerprint density at radius 3 is 1.62 bits per heavy atom. The van der Waals surface area contributed by atoms with Crippen LogP contribution in [0.25, 0.3) is 11.1 Å². The molecule has 0 aliphatic carbocycles. The molecule has 0 spiro atoms. The van der Waals surface area contributed by atoms with E-state index < -0.39 is 0 Å². The van der Waals surface area contributed by atoms with E-state index in [9.17, 15) is 0 Å². The van der Waals surface area contributed by atoms with Gasteiger partial charge in [-0.1, -0.05) is 41.9 Å². The van der Waals surface area contributed by atoms with Gasteiger partial charge in [-0.15, -0.1) is 0 Å². The fraction of sp³-hybridized carbons (Fsp3) is 0.200. The van der Waals surface area contributed by atoms with Crippen LogP contribution in [0.3, 0.4) is 0 Å². The van der Waals surface area contributed by atoms with Gasteiger partial charge in [-0.05, 0) is 49.1 Å². The molecular weight excluding hydrogens is 216 g/mol. The third-order valence-corrected chi connectivity index (χ3v) is 3.27. The van der Waals surface area contributed by atoms with Gasteiger partial charge in [-0.25, -0.2) is 0 Å². The second kappa shape index (κ2) is 4.31. The molecule has 0 nitrogen and oxygen atoms in total. The van der Waals surface area contributed by atoms with E-state index in [0.29, 0.717) is 0 Å². The third-order valence-electron chi connectivity index (χ3n) is 2.95. The smallest absolute Gasteiger partial charge is 0.0487 e. The minimum atomic E-state index is 0.831. The highest BCUT2D eigenvalue weighted by molar-refractivity contribution is 6.33. The van der Waals surface area contributed by atoms with Crippen LogP contribution in [0.5, 0.6) is 0 Å². The molecule has 0 bridgehead atoms. The van der Waals surface area contributed by atoms with Gasteiger partial charge in [0.15, 0.2) is 0 Å². The first-order valence-corrected chi connectivity index (χ1v) is 5.80. The largest absolute Gasteiger partial charge is 0.0837 e. The molecule has 0 saturated carbocycles. The van der Waals surface area contributed by atoms with Gasteiger partial charge in [0.1, 0.15) is 0 Å². The zero-order chi connectivity index (χ0) is 11.7. The highest BCUT2D eigenvalue weighted by Crippen LogP contribution is 2.35. The Bertz CT molecular complexity index is 437. The molecule has 0 aliphatic heterocycles. The quantitative estimate of drug-likeness (QED) is 0.652. The van der Waals surface area contributed by atoms with Gasteiger partial charge in [0.2, 0.25) is 0 Å². The van der Waals surface area contributed by atoms with Gasteiger partial charge in [0.05, 0.1) is 0 Å². The molecule has 2 rings (SSSR count). The van der Waals surface area contributed by atoms with Crippen molar-refractivity contribution in [3.8, 4) is 11.1 Å². The predicted octanol–water partition coefficient (Wildman–Crippen LogP) is 4.93. The number of rotatable bonds is 1. The highest BCUT2D eigenvalue weighted by Gasteiger charge is 2.11. The Hall–Kier alpha value is -1.27. The van der Waals surface area contributed by atoms with Crippen LogP contribution >= 0.6 is 11.6 Å². The van der Waals surface area contributed by atoms with Gasteiger partial charge >= 0.3 is 0 Å². The van der Waals surface area contributed by atoms with Gasteiger partial charge in [0.25, 0.3) is 0 Å². The van der Waals surface area contributed by atoms with Crippen LogP contribution in [0.15, 0.2) is 36.4 Å². The Morgan fingerprint density at radius 2 is 1.12 bits per heavy atom. The molecule has 0 fully saturated rings. The Balaban J connectivity index is 2.77. The summed E-state index contributed by atoms with van der Waals surface area (Å²) in [5.74, 6) is 0. The van der Waals surface area contributed by atoms with Gasteiger partial charge < -0.3 is 0 Å². The van der Waals surface area contributed by atoms with Crippen molar-refractivity contribution < 1.29 is 0 Å². The number of hydrogen-bond acceptors (Lipinski definition) is 0. The molecule has 0 atom stereocenters. The molecule has 0 aliphatic rings. The lowest BCUT2D eigenvalue weighted by Gasteiger charge is -2.14. The molecule has 16 heavy (non-hydrogen) atoms. The Morgan fingerprint density at radius 1 is 0.688 bits per heavy atom. The minimum Gasteiger partial charge on any atom is -0.0837 e. The van der Waals surface area contributed by atoms with E-state index in [1.807, 2.05) is 12.1 Å². The monoisotopic (exact) mass is 230 g/mol. The summed E-state index contributed by atoms with van der Waals surface area (Å²) >= 11 is 6.31. The number of hydrogen-bond donors (Lipinski definition) is 0. The average molecular weight is 231 g/mol. The number of benzene rings is 2. The lowest BCUT2D eigenvalue weighted by Crippen LogP contribution is -1.91. The summed E-state index contributed by atoms with van der Waals surface area (Å²) in [7, 11) is 0. The van der Waals surface area contributed by atoms with Crippen LogP contribution in [0.2, 0.25) is 5.02 Å². The Kier molecular flexibility index (Phi) is 3.02. The van der Waals surface area contributed by atoms with E-state index in [0.717, 1.165) is 5.02 Å². The molecule has 82 valence electrons. The van der Waals surface area contributed by atoms with Crippen LogP contribution in [-0.2, 0) is 0 Å². The van der Waals surface area contributed by atoms with Crippen LogP contribution in [-0.4, -0.2) is 0 Å². The standard InChI is InChI=1S/C15H15Cl/c1-10-6-4-7-11(2)14(10)15-12(3)8-5-9-13(15)16/h4-9H,1-3H3. The summed E-state index contributed by atoms with van der Waals surface area (Å²) < 4.78 is 0. The van der Waals surface area contributed by atoms with Crippen molar-refractivity contribution >= 4 is 11.6 Å². The molecule has 0 N–H and O–H groups in total. The second-order valence-electron chi connectivity index (χ2n) is 4.20. The highest BCUT2D eigenvalue weighted by atomic mass is 35.5. The maximum atomic E-state index is 6.31. The van der Waals surface area contributed by atoms with Crippen molar-refractivity contribution in [1.82, 2.24) is 0 Å². The lowest BCUT2D eigenvalue weighted by molar-refractivity contribution is 1.35. The first kappa shape index (κ1) is 11.2. The van der Waals surface area contributed by atoms with Crippen molar-refractivity contribution in [3.63, 3.8) is 0 Å². The second-order valence-corrected chi connectivity index (χ2v) is 4.61. The van der Waals surface area contributed by atoms with Gasteiger partial charge in [-0.2, -0.15) is 0 Å². The average Bonchev–Trinajstić information content (AvgIpc) is 2.21. The van der Waals surface area contributed by atoms with E-state index in [1.54, 1.807) is 0 Å². The molecule has 0 radical (unpaired) electrons. The summed E-state index contributed by atoms with van der Waals surface area (Å²) in [6.07, 6.45) is 0. The number of halogens is 1. The molecule has 2 aromatic carbocycles. The first-order valence-electron chi connectivity index (χ1n) is 5.43. The summed E-state index contributed by atoms with van der Waals surface area (Å²) in [4.78, 5) is 0.